The summed E-state index contributed by atoms with van der Waals surface area (Å²) in [5, 5.41) is 10.9. The van der Waals surface area contributed by atoms with E-state index in [4.69, 9.17) is 0 Å². The minimum Gasteiger partial charge on any atom is -0.545 e. The molecule has 4 bridgehead atoms. The van der Waals surface area contributed by atoms with Crippen LogP contribution in [-0.4, -0.2) is 31.7 Å². The molecule has 0 saturated heterocycles. The molecule has 2 unspecified atom stereocenters. The lowest BCUT2D eigenvalue weighted by Crippen LogP contribution is -2.58. The van der Waals surface area contributed by atoms with Gasteiger partial charge < -0.3 is 9.90 Å². The number of carboxylic acid groups (broad SMARTS) is 1. The van der Waals surface area contributed by atoms with Crippen molar-refractivity contribution in [3.05, 3.63) is 11.6 Å². The zero-order chi connectivity index (χ0) is 20.5. The number of halogens is 6. The molecule has 0 aromatic rings. The van der Waals surface area contributed by atoms with Crippen molar-refractivity contribution in [2.24, 2.45) is 17.3 Å². The number of carbonyl (C=O) groups is 1. The highest BCUT2D eigenvalue weighted by Gasteiger charge is 2.62. The van der Waals surface area contributed by atoms with Gasteiger partial charge in [-0.3, -0.25) is 4.18 Å². The van der Waals surface area contributed by atoms with E-state index in [0.717, 1.165) is 0 Å². The van der Waals surface area contributed by atoms with Crippen LogP contribution in [0.3, 0.4) is 0 Å². The average Bonchev–Trinajstić information content (AvgIpc) is 2.39. The van der Waals surface area contributed by atoms with Gasteiger partial charge in [-0.05, 0) is 55.8 Å². The molecule has 0 aromatic heterocycles. The van der Waals surface area contributed by atoms with Gasteiger partial charge in [0, 0.05) is 0 Å². The highest BCUT2D eigenvalue weighted by atomic mass is 32.2. The number of hydrogen-bond donors (Lipinski definition) is 0. The van der Waals surface area contributed by atoms with E-state index in [1.165, 1.54) is 0 Å². The zero-order valence-corrected chi connectivity index (χ0v) is 14.5. The van der Waals surface area contributed by atoms with Crippen molar-refractivity contribution in [3.63, 3.8) is 0 Å². The van der Waals surface area contributed by atoms with Gasteiger partial charge in [-0.15, -0.1) is 0 Å². The maximum atomic E-state index is 13.0. The van der Waals surface area contributed by atoms with Crippen LogP contribution in [0.25, 0.3) is 0 Å². The largest absolute Gasteiger partial charge is 0.545 e. The molecule has 2 atom stereocenters. The third-order valence-corrected chi connectivity index (χ3v) is 6.74. The summed E-state index contributed by atoms with van der Waals surface area (Å²) >= 11 is 0. The Bertz CT molecular complexity index is 767. The molecular weight excluding hydrogens is 406 g/mol. The lowest BCUT2D eigenvalue weighted by molar-refractivity contribution is -0.304. The maximum Gasteiger partial charge on any atom is 0.523 e. The minimum atomic E-state index is -5.93. The van der Waals surface area contributed by atoms with Gasteiger partial charge in [0.15, 0.2) is 0 Å². The van der Waals surface area contributed by atoms with Gasteiger partial charge >= 0.3 is 21.8 Å². The van der Waals surface area contributed by atoms with Crippen LogP contribution in [0.4, 0.5) is 26.3 Å². The SMILES string of the molecule is O=C([O-])C(=CC12CC3CC(C1)CC(OS(=O)(=O)C(F)(F)F)(C3)C2)C(F)(F)F. The van der Waals surface area contributed by atoms with Crippen molar-refractivity contribution >= 4 is 16.1 Å². The summed E-state index contributed by atoms with van der Waals surface area (Å²) < 4.78 is 105. The summed E-state index contributed by atoms with van der Waals surface area (Å²) in [6.45, 7) is 0. The van der Waals surface area contributed by atoms with E-state index in [1.807, 2.05) is 0 Å². The number of carbonyl (C=O) groups excluding carboxylic acids is 1. The fourth-order valence-electron chi connectivity index (χ4n) is 5.36. The number of hydrogen-bond acceptors (Lipinski definition) is 5. The molecule has 4 saturated carbocycles. The van der Waals surface area contributed by atoms with E-state index in [1.54, 1.807) is 0 Å². The van der Waals surface area contributed by atoms with E-state index in [-0.39, 0.29) is 37.5 Å². The lowest BCUT2D eigenvalue weighted by Gasteiger charge is -2.60. The smallest absolute Gasteiger partial charge is 0.523 e. The molecule has 0 amide bonds. The van der Waals surface area contributed by atoms with Gasteiger partial charge in [-0.2, -0.15) is 34.8 Å². The van der Waals surface area contributed by atoms with Gasteiger partial charge in [-0.1, -0.05) is 6.08 Å². The van der Waals surface area contributed by atoms with E-state index in [0.29, 0.717) is 12.5 Å². The van der Waals surface area contributed by atoms with E-state index in [9.17, 15) is 44.7 Å². The molecular formula is C15H15F6O5S-. The van der Waals surface area contributed by atoms with Crippen LogP contribution < -0.4 is 5.11 Å². The highest BCUT2D eigenvalue weighted by molar-refractivity contribution is 7.87. The Morgan fingerprint density at radius 1 is 1.04 bits per heavy atom. The first-order valence-corrected chi connectivity index (χ1v) is 9.51. The Morgan fingerprint density at radius 2 is 1.56 bits per heavy atom. The van der Waals surface area contributed by atoms with Crippen LogP contribution in [0.15, 0.2) is 11.6 Å². The summed E-state index contributed by atoms with van der Waals surface area (Å²) in [6, 6.07) is 0. The molecule has 0 aromatic carbocycles. The summed E-state index contributed by atoms with van der Waals surface area (Å²) in [5.74, 6) is -3.12. The number of carboxylic acids is 1. The number of aliphatic carboxylic acids is 1. The van der Waals surface area contributed by atoms with E-state index < -0.39 is 50.8 Å². The first-order valence-electron chi connectivity index (χ1n) is 8.10. The van der Waals surface area contributed by atoms with Crippen molar-refractivity contribution in [2.45, 2.75) is 55.8 Å². The average molecular weight is 421 g/mol. The summed E-state index contributed by atoms with van der Waals surface area (Å²) in [7, 11) is -5.93. The van der Waals surface area contributed by atoms with Gasteiger partial charge in [-0.25, -0.2) is 0 Å². The van der Waals surface area contributed by atoms with Gasteiger partial charge in [0.25, 0.3) is 0 Å². The minimum absolute atomic E-state index is 0.0267. The monoisotopic (exact) mass is 421 g/mol. The van der Waals surface area contributed by atoms with Crippen molar-refractivity contribution in [1.82, 2.24) is 0 Å². The molecule has 27 heavy (non-hydrogen) atoms. The molecule has 0 spiro atoms. The Labute approximate surface area is 150 Å². The third-order valence-electron chi connectivity index (χ3n) is 5.60. The second kappa shape index (κ2) is 5.85. The molecule has 4 rings (SSSR count). The fraction of sp³-hybridized carbons (Fsp3) is 0.800. The molecule has 0 radical (unpaired) electrons. The van der Waals surface area contributed by atoms with Crippen LogP contribution in [0.1, 0.15) is 38.5 Å². The van der Waals surface area contributed by atoms with Crippen molar-refractivity contribution < 1.29 is 48.8 Å². The number of allylic oxidation sites excluding steroid dienone is 1. The molecule has 0 N–H and O–H groups in total. The van der Waals surface area contributed by atoms with Crippen LogP contribution in [0, 0.1) is 17.3 Å². The van der Waals surface area contributed by atoms with Gasteiger partial charge in [0.1, 0.15) is 0 Å². The molecule has 0 heterocycles. The Morgan fingerprint density at radius 3 is 1.96 bits per heavy atom. The predicted octanol–water partition coefficient (Wildman–Crippen LogP) is 2.43. The van der Waals surface area contributed by atoms with Crippen molar-refractivity contribution in [3.8, 4) is 0 Å². The predicted molar refractivity (Wildman–Crippen MR) is 75.1 cm³/mol. The van der Waals surface area contributed by atoms with Gasteiger partial charge in [0.05, 0.1) is 17.1 Å². The molecule has 4 aliphatic rings. The Hall–Kier alpha value is -1.30. The normalized spacial score (nSPS) is 36.9. The Balaban J connectivity index is 2.00. The van der Waals surface area contributed by atoms with Gasteiger partial charge in [0.2, 0.25) is 0 Å². The number of alkyl halides is 6. The number of rotatable bonds is 4. The molecule has 5 nitrogen and oxygen atoms in total. The standard InChI is InChI=1S/C15H16F6O5S/c16-14(17,18)10(11(22)23)6-12-2-8-1-9(3-12)5-13(4-8,7-12)26-27(24,25)15(19,20)21/h6,8-9H,1-5,7H2,(H,22,23)/p-1. The highest BCUT2D eigenvalue weighted by Crippen LogP contribution is 2.64. The van der Waals surface area contributed by atoms with Crippen LogP contribution in [0.2, 0.25) is 0 Å². The van der Waals surface area contributed by atoms with Crippen LogP contribution >= 0.6 is 0 Å². The first-order chi connectivity index (χ1) is 12.1. The van der Waals surface area contributed by atoms with E-state index >= 15 is 0 Å². The molecule has 12 heteroatoms. The molecule has 4 aliphatic carbocycles. The van der Waals surface area contributed by atoms with Crippen LogP contribution in [0.5, 0.6) is 0 Å². The van der Waals surface area contributed by atoms with Crippen LogP contribution in [-0.2, 0) is 19.1 Å². The van der Waals surface area contributed by atoms with E-state index in [2.05, 4.69) is 4.18 Å². The van der Waals surface area contributed by atoms with Crippen molar-refractivity contribution in [1.29, 1.82) is 0 Å². The lowest BCUT2D eigenvalue weighted by atomic mass is 9.48. The zero-order valence-electron chi connectivity index (χ0n) is 13.7. The molecule has 154 valence electrons. The third kappa shape index (κ3) is 3.69. The summed E-state index contributed by atoms with van der Waals surface area (Å²) in [4.78, 5) is 10.9. The van der Waals surface area contributed by atoms with Crippen molar-refractivity contribution in [2.75, 3.05) is 0 Å². The Kier molecular flexibility index (Phi) is 4.43. The molecule has 0 aliphatic heterocycles. The fourth-order valence-corrected chi connectivity index (χ4v) is 6.11. The second-order valence-corrected chi connectivity index (χ2v) is 9.37. The maximum absolute atomic E-state index is 13.0. The topological polar surface area (TPSA) is 83.5 Å². The molecule has 4 fully saturated rings. The summed E-state index contributed by atoms with van der Waals surface area (Å²) in [6.07, 6.45) is -4.38. The summed E-state index contributed by atoms with van der Waals surface area (Å²) in [5.41, 5.74) is -10.7. The quantitative estimate of drug-likeness (QED) is 0.301. The second-order valence-electron chi connectivity index (χ2n) is 7.83. The first kappa shape index (κ1) is 20.4.